The first kappa shape index (κ1) is 16.5. The number of imidazole rings is 1. The number of likely N-dealkylation sites (tertiary alicyclic amines) is 1. The molecule has 2 aromatic heterocycles. The average molecular weight is 341 g/mol. The molecule has 2 aromatic rings. The first-order chi connectivity index (χ1) is 12.1. The summed E-state index contributed by atoms with van der Waals surface area (Å²) in [5, 5.41) is 0. The molecular weight excluding hydrogens is 314 g/mol. The molecule has 6 nitrogen and oxygen atoms in total. The Kier molecular flexibility index (Phi) is 4.46. The minimum atomic E-state index is 0.112. The van der Waals surface area contributed by atoms with Gasteiger partial charge in [-0.3, -0.25) is 14.3 Å². The van der Waals surface area contributed by atoms with Gasteiger partial charge in [0, 0.05) is 36.2 Å². The molecule has 134 valence electrons. The van der Waals surface area contributed by atoms with Gasteiger partial charge in [-0.15, -0.1) is 0 Å². The molecule has 3 heterocycles. The normalized spacial score (nSPS) is 19.4. The van der Waals surface area contributed by atoms with Crippen molar-refractivity contribution in [2.45, 2.75) is 58.7 Å². The van der Waals surface area contributed by atoms with Gasteiger partial charge in [0.25, 0.3) is 5.56 Å². The van der Waals surface area contributed by atoms with E-state index < -0.39 is 0 Å². The topological polar surface area (TPSA) is 56.0 Å². The Bertz CT molecular complexity index is 796. The molecule has 1 saturated heterocycles. The first-order valence-electron chi connectivity index (χ1n) is 9.38. The second-order valence-corrected chi connectivity index (χ2v) is 7.61. The zero-order valence-electron chi connectivity index (χ0n) is 15.2. The molecular formula is C19H27N5O. The van der Waals surface area contributed by atoms with Crippen molar-refractivity contribution >= 4 is 0 Å². The average Bonchev–Trinajstić information content (AvgIpc) is 3.36. The first-order valence-corrected chi connectivity index (χ1v) is 9.38. The lowest BCUT2D eigenvalue weighted by molar-refractivity contribution is 0.161. The maximum atomic E-state index is 12.3. The van der Waals surface area contributed by atoms with Gasteiger partial charge in [0.2, 0.25) is 0 Å². The van der Waals surface area contributed by atoms with Gasteiger partial charge in [-0.05, 0) is 58.5 Å². The molecule has 0 spiro atoms. The molecule has 1 saturated carbocycles. The van der Waals surface area contributed by atoms with Crippen molar-refractivity contribution in [2.75, 3.05) is 13.1 Å². The van der Waals surface area contributed by atoms with E-state index in [4.69, 9.17) is 0 Å². The third-order valence-corrected chi connectivity index (χ3v) is 5.73. The van der Waals surface area contributed by atoms with Gasteiger partial charge in [-0.1, -0.05) is 0 Å². The Morgan fingerprint density at radius 3 is 2.60 bits per heavy atom. The second kappa shape index (κ2) is 6.75. The standard InChI is InChI=1S/C19H27N5O/c1-14-15(2)21-13-23(19(14)25)11-16-5-8-22(9-6-16)12-18-20-7-10-24(18)17-3-4-17/h7,10,13,16-17H,3-6,8-9,11-12H2,1-2H3. The maximum absolute atomic E-state index is 12.3. The Morgan fingerprint density at radius 1 is 1.12 bits per heavy atom. The van der Waals surface area contributed by atoms with Crippen LogP contribution in [-0.2, 0) is 13.1 Å². The van der Waals surface area contributed by atoms with E-state index in [0.29, 0.717) is 12.0 Å². The van der Waals surface area contributed by atoms with Crippen LogP contribution in [0.4, 0.5) is 0 Å². The summed E-state index contributed by atoms with van der Waals surface area (Å²) < 4.78 is 4.15. The monoisotopic (exact) mass is 341 g/mol. The van der Waals surface area contributed by atoms with E-state index in [1.165, 1.54) is 18.7 Å². The van der Waals surface area contributed by atoms with Crippen LogP contribution < -0.4 is 5.56 Å². The van der Waals surface area contributed by atoms with Crippen LogP contribution in [0.15, 0.2) is 23.5 Å². The number of hydrogen-bond acceptors (Lipinski definition) is 4. The quantitative estimate of drug-likeness (QED) is 0.837. The molecule has 2 aliphatic rings. The van der Waals surface area contributed by atoms with Crippen molar-refractivity contribution in [2.24, 2.45) is 5.92 Å². The fraction of sp³-hybridized carbons (Fsp3) is 0.632. The third-order valence-electron chi connectivity index (χ3n) is 5.73. The molecule has 1 aliphatic carbocycles. The van der Waals surface area contributed by atoms with Crippen LogP contribution in [0, 0.1) is 19.8 Å². The molecule has 0 amide bonds. The number of aryl methyl sites for hydroxylation is 1. The van der Waals surface area contributed by atoms with Crippen LogP contribution in [0.5, 0.6) is 0 Å². The number of hydrogen-bond donors (Lipinski definition) is 0. The molecule has 0 N–H and O–H groups in total. The van der Waals surface area contributed by atoms with Crippen molar-refractivity contribution in [1.29, 1.82) is 0 Å². The summed E-state index contributed by atoms with van der Waals surface area (Å²) in [5.41, 5.74) is 1.72. The number of aromatic nitrogens is 4. The zero-order valence-corrected chi connectivity index (χ0v) is 15.2. The van der Waals surface area contributed by atoms with Crippen LogP contribution in [0.3, 0.4) is 0 Å². The fourth-order valence-electron chi connectivity index (χ4n) is 3.76. The van der Waals surface area contributed by atoms with Crippen LogP contribution >= 0.6 is 0 Å². The van der Waals surface area contributed by atoms with E-state index in [0.717, 1.165) is 50.3 Å². The number of nitrogens with zero attached hydrogens (tertiary/aromatic N) is 5. The molecule has 0 radical (unpaired) electrons. The van der Waals surface area contributed by atoms with Crippen LogP contribution in [0.25, 0.3) is 0 Å². The van der Waals surface area contributed by atoms with E-state index in [1.807, 2.05) is 20.0 Å². The van der Waals surface area contributed by atoms with E-state index in [-0.39, 0.29) is 5.56 Å². The largest absolute Gasteiger partial charge is 0.331 e. The Balaban J connectivity index is 1.33. The van der Waals surface area contributed by atoms with Crippen molar-refractivity contribution in [3.63, 3.8) is 0 Å². The molecule has 0 atom stereocenters. The maximum Gasteiger partial charge on any atom is 0.256 e. The van der Waals surface area contributed by atoms with Crippen molar-refractivity contribution in [3.05, 3.63) is 46.2 Å². The molecule has 6 heteroatoms. The molecule has 2 fully saturated rings. The summed E-state index contributed by atoms with van der Waals surface area (Å²) in [6, 6.07) is 0.694. The predicted molar refractivity (Wildman–Crippen MR) is 96.5 cm³/mol. The van der Waals surface area contributed by atoms with Crippen LogP contribution in [0.2, 0.25) is 0 Å². The lowest BCUT2D eigenvalue weighted by atomic mass is 9.96. The van der Waals surface area contributed by atoms with E-state index >= 15 is 0 Å². The minimum absolute atomic E-state index is 0.112. The molecule has 0 unspecified atom stereocenters. The summed E-state index contributed by atoms with van der Waals surface area (Å²) in [6.07, 6.45) is 10.6. The summed E-state index contributed by atoms with van der Waals surface area (Å²) in [7, 11) is 0. The fourth-order valence-corrected chi connectivity index (χ4v) is 3.76. The van der Waals surface area contributed by atoms with E-state index in [9.17, 15) is 4.79 Å². The summed E-state index contributed by atoms with van der Waals surface area (Å²) in [5.74, 6) is 1.76. The number of piperidine rings is 1. The van der Waals surface area contributed by atoms with Gasteiger partial charge in [0.05, 0.1) is 12.9 Å². The minimum Gasteiger partial charge on any atom is -0.331 e. The van der Waals surface area contributed by atoms with Gasteiger partial charge >= 0.3 is 0 Å². The molecule has 0 aromatic carbocycles. The summed E-state index contributed by atoms with van der Waals surface area (Å²) in [4.78, 5) is 23.7. The highest BCUT2D eigenvalue weighted by Crippen LogP contribution is 2.35. The van der Waals surface area contributed by atoms with E-state index in [2.05, 4.69) is 25.6 Å². The van der Waals surface area contributed by atoms with Crippen LogP contribution in [0.1, 0.15) is 48.8 Å². The van der Waals surface area contributed by atoms with E-state index in [1.54, 1.807) is 10.9 Å². The van der Waals surface area contributed by atoms with Gasteiger partial charge in [-0.2, -0.15) is 0 Å². The second-order valence-electron chi connectivity index (χ2n) is 7.61. The lowest BCUT2D eigenvalue weighted by Crippen LogP contribution is -2.37. The smallest absolute Gasteiger partial charge is 0.256 e. The zero-order chi connectivity index (χ0) is 17.4. The van der Waals surface area contributed by atoms with Gasteiger partial charge in [0.1, 0.15) is 5.82 Å². The SMILES string of the molecule is Cc1ncn(CC2CCN(Cc3nccn3C3CC3)CC2)c(=O)c1C. The predicted octanol–water partition coefficient (Wildman–Crippen LogP) is 2.30. The van der Waals surface area contributed by atoms with Crippen LogP contribution in [-0.4, -0.2) is 37.1 Å². The highest BCUT2D eigenvalue weighted by atomic mass is 16.1. The number of rotatable bonds is 5. The Hall–Kier alpha value is -1.95. The Labute approximate surface area is 148 Å². The van der Waals surface area contributed by atoms with Gasteiger partial charge in [0.15, 0.2) is 0 Å². The lowest BCUT2D eigenvalue weighted by Gasteiger charge is -2.32. The highest BCUT2D eigenvalue weighted by Gasteiger charge is 2.27. The molecule has 4 rings (SSSR count). The third kappa shape index (κ3) is 3.54. The molecule has 0 bridgehead atoms. The Morgan fingerprint density at radius 2 is 1.88 bits per heavy atom. The summed E-state index contributed by atoms with van der Waals surface area (Å²) >= 11 is 0. The van der Waals surface area contributed by atoms with Crippen molar-refractivity contribution in [1.82, 2.24) is 24.0 Å². The van der Waals surface area contributed by atoms with Crippen molar-refractivity contribution < 1.29 is 0 Å². The molecule has 25 heavy (non-hydrogen) atoms. The van der Waals surface area contributed by atoms with Gasteiger partial charge < -0.3 is 4.57 Å². The van der Waals surface area contributed by atoms with Crippen molar-refractivity contribution in [3.8, 4) is 0 Å². The van der Waals surface area contributed by atoms with Gasteiger partial charge in [-0.25, -0.2) is 9.97 Å². The highest BCUT2D eigenvalue weighted by molar-refractivity contribution is 5.12. The molecule has 1 aliphatic heterocycles. The summed E-state index contributed by atoms with van der Waals surface area (Å²) in [6.45, 7) is 7.65.